The van der Waals surface area contributed by atoms with E-state index < -0.39 is 24.2 Å². The quantitative estimate of drug-likeness (QED) is 0.731. The molecule has 1 unspecified atom stereocenters. The Kier molecular flexibility index (Phi) is 4.49. The second kappa shape index (κ2) is 5.20. The number of esters is 1. The Morgan fingerprint density at radius 3 is 1.95 bits per heavy atom. The Bertz CT molecular complexity index is 359. The molecule has 0 aromatic heterocycles. The molecule has 0 bridgehead atoms. The highest BCUT2D eigenvalue weighted by Crippen LogP contribution is 2.38. The Hall–Kier alpha value is -0.780. The lowest BCUT2D eigenvalue weighted by Crippen LogP contribution is -2.60. The molecule has 0 spiro atoms. The van der Waals surface area contributed by atoms with Crippen LogP contribution in [-0.4, -0.2) is 41.3 Å². The number of halogens is 3. The minimum Gasteiger partial charge on any atom is -0.462 e. The van der Waals surface area contributed by atoms with Crippen molar-refractivity contribution < 1.29 is 22.7 Å². The van der Waals surface area contributed by atoms with Crippen molar-refractivity contribution in [1.82, 2.24) is 4.90 Å². The van der Waals surface area contributed by atoms with Crippen LogP contribution in [0.2, 0.25) is 0 Å². The van der Waals surface area contributed by atoms with Crippen LogP contribution in [0.1, 0.15) is 47.5 Å². The summed E-state index contributed by atoms with van der Waals surface area (Å²) in [4.78, 5) is 13.8. The predicted molar refractivity (Wildman–Crippen MR) is 70.3 cm³/mol. The zero-order valence-electron chi connectivity index (χ0n) is 13.0. The summed E-state index contributed by atoms with van der Waals surface area (Å²) in [6, 6.07) is 0. The van der Waals surface area contributed by atoms with Gasteiger partial charge in [0, 0.05) is 23.9 Å². The summed E-state index contributed by atoms with van der Waals surface area (Å²) < 4.78 is 42.6. The van der Waals surface area contributed by atoms with Gasteiger partial charge in [0.25, 0.3) is 0 Å². The molecule has 1 fully saturated rings. The first-order valence-electron chi connectivity index (χ1n) is 6.78. The minimum absolute atomic E-state index is 0.228. The number of hydrogen-bond donors (Lipinski definition) is 0. The first-order valence-corrected chi connectivity index (χ1v) is 6.78. The Morgan fingerprint density at radius 2 is 1.60 bits per heavy atom. The van der Waals surface area contributed by atoms with Gasteiger partial charge in [-0.1, -0.05) is 0 Å². The first kappa shape index (κ1) is 17.3. The lowest BCUT2D eigenvalue weighted by Gasteiger charge is -2.53. The maximum absolute atomic E-state index is 12.5. The van der Waals surface area contributed by atoms with Crippen LogP contribution in [0, 0.1) is 5.92 Å². The summed E-state index contributed by atoms with van der Waals surface area (Å²) in [5.74, 6) is -3.26. The summed E-state index contributed by atoms with van der Waals surface area (Å²) in [5, 5.41) is 0. The van der Waals surface area contributed by atoms with Gasteiger partial charge in [0.1, 0.15) is 12.0 Å². The van der Waals surface area contributed by atoms with Crippen molar-refractivity contribution in [2.75, 3.05) is 7.05 Å². The third-order valence-corrected chi connectivity index (χ3v) is 4.40. The molecule has 3 nitrogen and oxygen atoms in total. The molecule has 1 heterocycles. The van der Waals surface area contributed by atoms with Crippen molar-refractivity contribution in [2.24, 2.45) is 5.92 Å². The molecule has 0 radical (unpaired) electrons. The van der Waals surface area contributed by atoms with Crippen molar-refractivity contribution in [3.63, 3.8) is 0 Å². The van der Waals surface area contributed by atoms with Crippen LogP contribution in [0.15, 0.2) is 0 Å². The molecule has 0 amide bonds. The van der Waals surface area contributed by atoms with E-state index in [4.69, 9.17) is 4.74 Å². The molecular formula is C14H24F3NO2. The molecule has 0 aromatic carbocycles. The number of alkyl halides is 3. The number of likely N-dealkylation sites (tertiary alicyclic amines) is 1. The van der Waals surface area contributed by atoms with Gasteiger partial charge in [-0.25, -0.2) is 0 Å². The Labute approximate surface area is 118 Å². The number of hydrogen-bond acceptors (Lipinski definition) is 3. The van der Waals surface area contributed by atoms with E-state index in [1.165, 1.54) is 0 Å². The van der Waals surface area contributed by atoms with E-state index in [1.54, 1.807) is 0 Å². The van der Waals surface area contributed by atoms with Gasteiger partial charge in [0.2, 0.25) is 0 Å². The van der Waals surface area contributed by atoms with Crippen molar-refractivity contribution in [2.45, 2.75) is 70.8 Å². The van der Waals surface area contributed by atoms with Crippen LogP contribution >= 0.6 is 0 Å². The second-order valence-corrected chi connectivity index (χ2v) is 6.91. The highest BCUT2D eigenvalue weighted by atomic mass is 19.4. The van der Waals surface area contributed by atoms with E-state index in [1.807, 2.05) is 34.7 Å². The smallest absolute Gasteiger partial charge is 0.401 e. The van der Waals surface area contributed by atoms with Crippen LogP contribution in [0.25, 0.3) is 0 Å². The standard InChI is InChI=1S/C14H24F3NO2/c1-9(14(15,16)17)11(19)20-10-7-12(2,3)18(6)13(4,5)8-10/h9-10H,7-8H2,1-6H3. The number of carbonyl (C=O) groups is 1. The molecule has 1 atom stereocenters. The molecule has 1 aliphatic rings. The van der Waals surface area contributed by atoms with Crippen LogP contribution in [0.3, 0.4) is 0 Å². The van der Waals surface area contributed by atoms with Gasteiger partial charge in [-0.15, -0.1) is 0 Å². The third-order valence-electron chi connectivity index (χ3n) is 4.40. The zero-order valence-corrected chi connectivity index (χ0v) is 13.0. The predicted octanol–water partition coefficient (Wildman–Crippen LogP) is 3.38. The lowest BCUT2D eigenvalue weighted by atomic mass is 9.78. The molecule has 20 heavy (non-hydrogen) atoms. The first-order chi connectivity index (χ1) is 8.77. The minimum atomic E-state index is -4.55. The van der Waals surface area contributed by atoms with Crippen molar-refractivity contribution >= 4 is 5.97 Å². The van der Waals surface area contributed by atoms with E-state index in [2.05, 4.69) is 4.90 Å². The van der Waals surface area contributed by atoms with Gasteiger partial charge >= 0.3 is 12.1 Å². The SMILES string of the molecule is CC(C(=O)OC1CC(C)(C)N(C)C(C)(C)C1)C(F)(F)F. The second-order valence-electron chi connectivity index (χ2n) is 6.91. The number of piperidine rings is 1. The molecule has 0 aromatic rings. The van der Waals surface area contributed by atoms with E-state index in [0.29, 0.717) is 12.8 Å². The molecule has 118 valence electrons. The molecule has 0 aliphatic carbocycles. The lowest BCUT2D eigenvalue weighted by molar-refractivity contribution is -0.201. The van der Waals surface area contributed by atoms with Gasteiger partial charge in [0.05, 0.1) is 0 Å². The summed E-state index contributed by atoms with van der Waals surface area (Å²) in [6.07, 6.45) is -3.96. The summed E-state index contributed by atoms with van der Waals surface area (Å²) in [6.45, 7) is 8.85. The average molecular weight is 295 g/mol. The normalized spacial score (nSPS) is 25.2. The van der Waals surface area contributed by atoms with Crippen LogP contribution in [-0.2, 0) is 9.53 Å². The Balaban J connectivity index is 2.77. The molecule has 1 rings (SSSR count). The highest BCUT2D eigenvalue weighted by Gasteiger charge is 2.47. The van der Waals surface area contributed by atoms with Crippen LogP contribution in [0.4, 0.5) is 13.2 Å². The van der Waals surface area contributed by atoms with Crippen LogP contribution < -0.4 is 0 Å². The fourth-order valence-electron chi connectivity index (χ4n) is 2.76. The fraction of sp³-hybridized carbons (Fsp3) is 0.929. The number of ether oxygens (including phenoxy) is 1. The topological polar surface area (TPSA) is 29.5 Å². The maximum atomic E-state index is 12.5. The number of nitrogens with zero attached hydrogens (tertiary/aromatic N) is 1. The van der Waals surface area contributed by atoms with Gasteiger partial charge in [-0.3, -0.25) is 9.69 Å². The zero-order chi connectivity index (χ0) is 15.9. The van der Waals surface area contributed by atoms with E-state index >= 15 is 0 Å². The largest absolute Gasteiger partial charge is 0.462 e. The summed E-state index contributed by atoms with van der Waals surface area (Å²) in [7, 11) is 1.98. The van der Waals surface area contributed by atoms with Crippen molar-refractivity contribution in [3.05, 3.63) is 0 Å². The third kappa shape index (κ3) is 3.65. The monoisotopic (exact) mass is 295 g/mol. The van der Waals surface area contributed by atoms with Gasteiger partial charge in [-0.05, 0) is 41.7 Å². The molecule has 1 saturated heterocycles. The van der Waals surface area contributed by atoms with Crippen molar-refractivity contribution in [3.8, 4) is 0 Å². The number of carbonyl (C=O) groups excluding carboxylic acids is 1. The van der Waals surface area contributed by atoms with E-state index in [0.717, 1.165) is 6.92 Å². The fourth-order valence-corrected chi connectivity index (χ4v) is 2.76. The van der Waals surface area contributed by atoms with Gasteiger partial charge in [0.15, 0.2) is 0 Å². The molecule has 0 saturated carbocycles. The molecular weight excluding hydrogens is 271 g/mol. The molecule has 6 heteroatoms. The number of rotatable bonds is 2. The summed E-state index contributed by atoms with van der Waals surface area (Å²) >= 11 is 0. The Morgan fingerprint density at radius 1 is 1.20 bits per heavy atom. The van der Waals surface area contributed by atoms with Gasteiger partial charge in [-0.2, -0.15) is 13.2 Å². The maximum Gasteiger partial charge on any atom is 0.401 e. The highest BCUT2D eigenvalue weighted by molar-refractivity contribution is 5.73. The average Bonchev–Trinajstić information content (AvgIpc) is 2.22. The van der Waals surface area contributed by atoms with E-state index in [9.17, 15) is 18.0 Å². The van der Waals surface area contributed by atoms with Crippen LogP contribution in [0.5, 0.6) is 0 Å². The molecule has 1 aliphatic heterocycles. The molecule has 0 N–H and O–H groups in total. The van der Waals surface area contributed by atoms with Gasteiger partial charge < -0.3 is 4.74 Å². The van der Waals surface area contributed by atoms with Crippen molar-refractivity contribution in [1.29, 1.82) is 0 Å². The van der Waals surface area contributed by atoms with E-state index in [-0.39, 0.29) is 11.1 Å². The summed E-state index contributed by atoms with van der Waals surface area (Å²) in [5.41, 5.74) is -0.456.